The summed E-state index contributed by atoms with van der Waals surface area (Å²) in [6.07, 6.45) is 0. The number of ketones is 2. The normalized spacial score (nSPS) is 12.5. The lowest BCUT2D eigenvalue weighted by molar-refractivity contribution is 0.0979. The molecule has 1 heterocycles. The van der Waals surface area contributed by atoms with Crippen LogP contribution in [0.3, 0.4) is 0 Å². The first kappa shape index (κ1) is 17.0. The van der Waals surface area contributed by atoms with Gasteiger partial charge in [0.1, 0.15) is 4.34 Å². The minimum Gasteiger partial charge on any atom is -0.322 e. The van der Waals surface area contributed by atoms with Crippen LogP contribution in [0.5, 0.6) is 0 Å². The Morgan fingerprint density at radius 1 is 0.846 bits per heavy atom. The maximum atomic E-state index is 12.7. The van der Waals surface area contributed by atoms with Crippen molar-refractivity contribution < 1.29 is 14.4 Å². The number of hydrogen-bond acceptors (Lipinski definition) is 4. The molecule has 0 saturated heterocycles. The zero-order valence-electron chi connectivity index (χ0n) is 13.0. The van der Waals surface area contributed by atoms with E-state index in [1.807, 2.05) is 0 Å². The van der Waals surface area contributed by atoms with Crippen LogP contribution < -0.4 is 5.32 Å². The van der Waals surface area contributed by atoms with Crippen LogP contribution in [0.4, 0.5) is 5.69 Å². The third-order valence-corrected chi connectivity index (χ3v) is 5.57. The molecule has 26 heavy (non-hydrogen) atoms. The highest BCUT2D eigenvalue weighted by Gasteiger charge is 2.29. The second-order valence-corrected chi connectivity index (χ2v) is 7.94. The van der Waals surface area contributed by atoms with Gasteiger partial charge in [0.25, 0.3) is 5.91 Å². The van der Waals surface area contributed by atoms with Crippen molar-refractivity contribution >= 4 is 57.7 Å². The molecule has 0 fully saturated rings. The molecule has 4 rings (SSSR count). The Morgan fingerprint density at radius 3 is 2.08 bits per heavy atom. The SMILES string of the molecule is O=C1c2ccccc2C(=O)c2cc(NC(=O)c3cc(Cl)sc3Cl)ccc21. The van der Waals surface area contributed by atoms with Gasteiger partial charge < -0.3 is 5.32 Å². The molecule has 1 aliphatic rings. The van der Waals surface area contributed by atoms with Crippen molar-refractivity contribution in [1.29, 1.82) is 0 Å². The molecule has 0 spiro atoms. The highest BCUT2D eigenvalue weighted by molar-refractivity contribution is 7.20. The standard InChI is InChI=1S/C19H9Cl2NO3S/c20-15-8-14(18(21)26-15)19(25)22-9-5-6-12-13(7-9)17(24)11-4-2-1-3-10(11)16(12)23/h1-8H,(H,22,25). The molecule has 1 N–H and O–H groups in total. The summed E-state index contributed by atoms with van der Waals surface area (Å²) in [5, 5.41) is 2.68. The quantitative estimate of drug-likeness (QED) is 0.509. The second kappa shape index (κ2) is 6.36. The van der Waals surface area contributed by atoms with E-state index in [9.17, 15) is 14.4 Å². The minimum atomic E-state index is -0.437. The van der Waals surface area contributed by atoms with E-state index in [0.717, 1.165) is 11.3 Å². The summed E-state index contributed by atoms with van der Waals surface area (Å²) in [7, 11) is 0. The first-order valence-electron chi connectivity index (χ1n) is 7.54. The van der Waals surface area contributed by atoms with E-state index >= 15 is 0 Å². The van der Waals surface area contributed by atoms with Gasteiger partial charge in [0.2, 0.25) is 0 Å². The molecule has 1 amide bonds. The Labute approximate surface area is 162 Å². The van der Waals surface area contributed by atoms with Gasteiger partial charge in [0, 0.05) is 27.9 Å². The van der Waals surface area contributed by atoms with Gasteiger partial charge in [-0.1, -0.05) is 47.5 Å². The largest absolute Gasteiger partial charge is 0.322 e. The average Bonchev–Trinajstić information content (AvgIpc) is 2.98. The van der Waals surface area contributed by atoms with Crippen molar-refractivity contribution in [3.05, 3.63) is 85.0 Å². The lowest BCUT2D eigenvalue weighted by atomic mass is 9.84. The number of halogens is 2. The molecular weight excluding hydrogens is 393 g/mol. The summed E-state index contributed by atoms with van der Waals surface area (Å²) >= 11 is 13.0. The number of thiophene rings is 1. The van der Waals surface area contributed by atoms with E-state index in [1.54, 1.807) is 36.4 Å². The number of hydrogen-bond donors (Lipinski definition) is 1. The molecule has 1 aliphatic carbocycles. The van der Waals surface area contributed by atoms with Crippen molar-refractivity contribution in [2.45, 2.75) is 0 Å². The Bertz CT molecular complexity index is 1100. The van der Waals surface area contributed by atoms with Crippen molar-refractivity contribution in [3.63, 3.8) is 0 Å². The van der Waals surface area contributed by atoms with Crippen LogP contribution in [-0.2, 0) is 0 Å². The maximum Gasteiger partial charge on any atom is 0.258 e. The van der Waals surface area contributed by atoms with Crippen LogP contribution in [-0.4, -0.2) is 17.5 Å². The first-order chi connectivity index (χ1) is 12.5. The van der Waals surface area contributed by atoms with Gasteiger partial charge in [-0.2, -0.15) is 0 Å². The van der Waals surface area contributed by atoms with Crippen LogP contribution in [0.1, 0.15) is 42.2 Å². The third-order valence-electron chi connectivity index (χ3n) is 4.08. The van der Waals surface area contributed by atoms with Gasteiger partial charge in [-0.15, -0.1) is 11.3 Å². The van der Waals surface area contributed by atoms with Gasteiger partial charge >= 0.3 is 0 Å². The Balaban J connectivity index is 1.70. The highest BCUT2D eigenvalue weighted by atomic mass is 35.5. The number of nitrogens with one attached hydrogen (secondary N) is 1. The fraction of sp³-hybridized carbons (Fsp3) is 0. The Kier molecular flexibility index (Phi) is 4.15. The highest BCUT2D eigenvalue weighted by Crippen LogP contribution is 2.32. The molecule has 2 aromatic carbocycles. The minimum absolute atomic E-state index is 0.208. The second-order valence-electron chi connectivity index (χ2n) is 5.66. The number of carbonyl (C=O) groups is 3. The molecule has 128 valence electrons. The lowest BCUT2D eigenvalue weighted by Crippen LogP contribution is -2.21. The lowest BCUT2D eigenvalue weighted by Gasteiger charge is -2.18. The van der Waals surface area contributed by atoms with E-state index in [0.29, 0.717) is 26.7 Å². The van der Waals surface area contributed by atoms with Gasteiger partial charge in [-0.05, 0) is 24.3 Å². The van der Waals surface area contributed by atoms with E-state index in [-0.39, 0.29) is 27.0 Å². The molecule has 0 aliphatic heterocycles. The number of carbonyl (C=O) groups excluding carboxylic acids is 3. The average molecular weight is 402 g/mol. The number of benzene rings is 2. The summed E-state index contributed by atoms with van der Waals surface area (Å²) in [4.78, 5) is 37.7. The van der Waals surface area contributed by atoms with Gasteiger partial charge in [0.05, 0.1) is 9.90 Å². The molecule has 0 radical (unpaired) electrons. The topological polar surface area (TPSA) is 63.2 Å². The van der Waals surface area contributed by atoms with Crippen molar-refractivity contribution in [3.8, 4) is 0 Å². The molecule has 0 bridgehead atoms. The van der Waals surface area contributed by atoms with E-state index in [4.69, 9.17) is 23.2 Å². The Morgan fingerprint density at radius 2 is 1.46 bits per heavy atom. The molecule has 0 saturated carbocycles. The predicted molar refractivity (Wildman–Crippen MR) is 102 cm³/mol. The molecular formula is C19H9Cl2NO3S. The van der Waals surface area contributed by atoms with Crippen LogP contribution in [0.15, 0.2) is 48.5 Å². The molecule has 4 nitrogen and oxygen atoms in total. The van der Waals surface area contributed by atoms with Gasteiger partial charge in [-0.25, -0.2) is 0 Å². The monoisotopic (exact) mass is 401 g/mol. The predicted octanol–water partition coefficient (Wildman–Crippen LogP) is 5.08. The van der Waals surface area contributed by atoms with Gasteiger partial charge in [0.15, 0.2) is 11.6 Å². The molecule has 7 heteroatoms. The van der Waals surface area contributed by atoms with Crippen LogP contribution in [0, 0.1) is 0 Å². The van der Waals surface area contributed by atoms with Crippen molar-refractivity contribution in [2.75, 3.05) is 5.32 Å². The van der Waals surface area contributed by atoms with E-state index in [1.165, 1.54) is 12.1 Å². The molecule has 1 aromatic heterocycles. The summed E-state index contributed by atoms with van der Waals surface area (Å²) < 4.78 is 0.689. The zero-order chi connectivity index (χ0) is 18.4. The number of rotatable bonds is 2. The van der Waals surface area contributed by atoms with Crippen LogP contribution >= 0.6 is 34.5 Å². The van der Waals surface area contributed by atoms with Crippen LogP contribution in [0.2, 0.25) is 8.67 Å². The van der Waals surface area contributed by atoms with Crippen molar-refractivity contribution in [1.82, 2.24) is 0 Å². The van der Waals surface area contributed by atoms with E-state index < -0.39 is 5.91 Å². The summed E-state index contributed by atoms with van der Waals surface area (Å²) in [5.41, 5.74) is 1.99. The number of amides is 1. The fourth-order valence-corrected chi connectivity index (χ4v) is 4.33. The maximum absolute atomic E-state index is 12.7. The first-order valence-corrected chi connectivity index (χ1v) is 9.11. The van der Waals surface area contributed by atoms with Gasteiger partial charge in [-0.3, -0.25) is 14.4 Å². The summed E-state index contributed by atoms with van der Waals surface area (Å²) in [6, 6.07) is 12.8. The number of anilines is 1. The smallest absolute Gasteiger partial charge is 0.258 e. The number of fused-ring (bicyclic) bond motifs is 2. The van der Waals surface area contributed by atoms with E-state index in [2.05, 4.69) is 5.32 Å². The molecule has 3 aromatic rings. The molecule has 0 unspecified atom stereocenters. The zero-order valence-corrected chi connectivity index (χ0v) is 15.3. The molecule has 0 atom stereocenters. The summed E-state index contributed by atoms with van der Waals surface area (Å²) in [5.74, 6) is -0.892. The summed E-state index contributed by atoms with van der Waals surface area (Å²) in [6.45, 7) is 0. The Hall–Kier alpha value is -2.47. The van der Waals surface area contributed by atoms with Crippen LogP contribution in [0.25, 0.3) is 0 Å². The fourth-order valence-electron chi connectivity index (χ4n) is 2.87. The van der Waals surface area contributed by atoms with Crippen molar-refractivity contribution in [2.24, 2.45) is 0 Å². The third kappa shape index (κ3) is 2.74.